The molecule has 130 valence electrons. The molecule has 0 saturated heterocycles. The summed E-state index contributed by atoms with van der Waals surface area (Å²) in [4.78, 5) is 12.2. The van der Waals surface area contributed by atoms with E-state index in [4.69, 9.17) is 0 Å². The molecule has 0 spiro atoms. The molecule has 3 aromatic rings. The summed E-state index contributed by atoms with van der Waals surface area (Å²) in [7, 11) is 3.94. The highest BCUT2D eigenvalue weighted by Crippen LogP contribution is 2.19. The number of hydrogen-bond acceptors (Lipinski definition) is 4. The van der Waals surface area contributed by atoms with Crippen LogP contribution in [0.15, 0.2) is 47.8 Å². The maximum absolute atomic E-state index is 12.2. The molecule has 0 aliphatic rings. The Balaban J connectivity index is 1.59. The van der Waals surface area contributed by atoms with Gasteiger partial charge in [-0.3, -0.25) is 4.79 Å². The minimum absolute atomic E-state index is 0.0497. The van der Waals surface area contributed by atoms with Crippen LogP contribution in [0.2, 0.25) is 0 Å². The lowest BCUT2D eigenvalue weighted by Gasteiger charge is -2.08. The van der Waals surface area contributed by atoms with Crippen LogP contribution in [-0.4, -0.2) is 31.0 Å². The van der Waals surface area contributed by atoms with Crippen LogP contribution < -0.4 is 5.32 Å². The monoisotopic (exact) mass is 355 g/mol. The van der Waals surface area contributed by atoms with Crippen molar-refractivity contribution in [1.82, 2.24) is 19.3 Å². The van der Waals surface area contributed by atoms with Crippen LogP contribution >= 0.6 is 11.8 Å². The van der Waals surface area contributed by atoms with E-state index >= 15 is 0 Å². The van der Waals surface area contributed by atoms with Crippen molar-refractivity contribution in [1.29, 1.82) is 0 Å². The van der Waals surface area contributed by atoms with E-state index < -0.39 is 0 Å². The Kier molecular flexibility index (Phi) is 5.23. The van der Waals surface area contributed by atoms with Crippen LogP contribution in [0, 0.1) is 6.92 Å². The fourth-order valence-corrected chi connectivity index (χ4v) is 3.23. The largest absolute Gasteiger partial charge is 0.354 e. The van der Waals surface area contributed by atoms with Crippen molar-refractivity contribution < 1.29 is 4.79 Å². The lowest BCUT2D eigenvalue weighted by molar-refractivity contribution is -0.113. The van der Waals surface area contributed by atoms with Crippen molar-refractivity contribution in [3.63, 3.8) is 0 Å². The molecule has 25 heavy (non-hydrogen) atoms. The highest BCUT2D eigenvalue weighted by molar-refractivity contribution is 7.99. The molecule has 1 amide bonds. The first-order valence-corrected chi connectivity index (χ1v) is 9.00. The number of benzene rings is 1. The lowest BCUT2D eigenvalue weighted by Crippen LogP contribution is -2.15. The first-order chi connectivity index (χ1) is 12.0. The summed E-state index contributed by atoms with van der Waals surface area (Å²) in [5.41, 5.74) is 3.06. The van der Waals surface area contributed by atoms with Crippen LogP contribution in [0.3, 0.4) is 0 Å². The van der Waals surface area contributed by atoms with Crippen LogP contribution in [0.25, 0.3) is 0 Å². The maximum Gasteiger partial charge on any atom is 0.234 e. The maximum atomic E-state index is 12.2. The normalized spacial score (nSPS) is 10.8. The van der Waals surface area contributed by atoms with Crippen molar-refractivity contribution in [2.45, 2.75) is 18.5 Å². The van der Waals surface area contributed by atoms with Gasteiger partial charge in [0.2, 0.25) is 5.91 Å². The highest BCUT2D eigenvalue weighted by Gasteiger charge is 2.13. The number of anilines is 1. The summed E-state index contributed by atoms with van der Waals surface area (Å²) in [5, 5.41) is 12.1. The van der Waals surface area contributed by atoms with Gasteiger partial charge in [0.1, 0.15) is 5.82 Å². The fourth-order valence-electron chi connectivity index (χ4n) is 2.50. The van der Waals surface area contributed by atoms with Gasteiger partial charge in [-0.2, -0.15) is 0 Å². The Hall–Kier alpha value is -2.54. The molecule has 2 heterocycles. The van der Waals surface area contributed by atoms with Gasteiger partial charge >= 0.3 is 0 Å². The average molecular weight is 355 g/mol. The molecular weight excluding hydrogens is 334 g/mol. The molecule has 3 rings (SSSR count). The van der Waals surface area contributed by atoms with E-state index in [1.807, 2.05) is 62.1 Å². The summed E-state index contributed by atoms with van der Waals surface area (Å²) in [6, 6.07) is 11.8. The van der Waals surface area contributed by atoms with E-state index in [1.54, 1.807) is 0 Å². The number of carbonyl (C=O) groups excluding carboxylic acids is 1. The number of amides is 1. The van der Waals surface area contributed by atoms with Gasteiger partial charge in [-0.25, -0.2) is 0 Å². The lowest BCUT2D eigenvalue weighted by atomic mass is 10.2. The van der Waals surface area contributed by atoms with E-state index in [0.29, 0.717) is 12.2 Å². The van der Waals surface area contributed by atoms with Crippen molar-refractivity contribution in [3.05, 3.63) is 59.7 Å². The smallest absolute Gasteiger partial charge is 0.234 e. The van der Waals surface area contributed by atoms with Gasteiger partial charge in [0.15, 0.2) is 5.16 Å². The first-order valence-electron chi connectivity index (χ1n) is 8.01. The number of aromatic nitrogens is 4. The molecule has 0 bridgehead atoms. The second-order valence-electron chi connectivity index (χ2n) is 5.90. The molecular formula is C18H21N5OS. The SMILES string of the molecule is Cc1ccccc1NC(=O)CSc1nnc(Cc2cccn2C)n1C. The molecule has 0 aliphatic carbocycles. The third kappa shape index (κ3) is 4.11. The zero-order valence-corrected chi connectivity index (χ0v) is 15.4. The van der Waals surface area contributed by atoms with Crippen molar-refractivity contribution >= 4 is 23.4 Å². The predicted octanol–water partition coefficient (Wildman–Crippen LogP) is 2.78. The standard InChI is InChI=1S/C18H21N5OS/c1-13-7-4-5-9-15(13)19-17(24)12-25-18-21-20-16(23(18)3)11-14-8-6-10-22(14)2/h4-10H,11-12H2,1-3H3,(H,19,24). The van der Waals surface area contributed by atoms with E-state index in [-0.39, 0.29) is 5.91 Å². The summed E-state index contributed by atoms with van der Waals surface area (Å²) >= 11 is 1.39. The van der Waals surface area contributed by atoms with E-state index in [2.05, 4.69) is 26.1 Å². The Morgan fingerprint density at radius 1 is 1.16 bits per heavy atom. The van der Waals surface area contributed by atoms with Crippen LogP contribution in [-0.2, 0) is 25.3 Å². The zero-order valence-electron chi connectivity index (χ0n) is 14.6. The molecule has 0 aliphatic heterocycles. The minimum Gasteiger partial charge on any atom is -0.354 e. The molecule has 7 heteroatoms. The molecule has 1 aromatic carbocycles. The zero-order chi connectivity index (χ0) is 17.8. The number of hydrogen-bond donors (Lipinski definition) is 1. The summed E-state index contributed by atoms with van der Waals surface area (Å²) in [6.07, 6.45) is 2.72. The summed E-state index contributed by atoms with van der Waals surface area (Å²) < 4.78 is 4.01. The van der Waals surface area contributed by atoms with Gasteiger partial charge in [0.05, 0.1) is 5.75 Å². The Morgan fingerprint density at radius 2 is 1.96 bits per heavy atom. The summed E-state index contributed by atoms with van der Waals surface area (Å²) in [5.74, 6) is 1.12. The number of nitrogens with one attached hydrogen (secondary N) is 1. The molecule has 0 fully saturated rings. The molecule has 2 aromatic heterocycles. The quantitative estimate of drug-likeness (QED) is 0.691. The molecule has 1 N–H and O–H groups in total. The van der Waals surface area contributed by atoms with Crippen molar-refractivity contribution in [3.8, 4) is 0 Å². The van der Waals surface area contributed by atoms with Crippen molar-refractivity contribution in [2.75, 3.05) is 11.1 Å². The Morgan fingerprint density at radius 3 is 2.68 bits per heavy atom. The van der Waals surface area contributed by atoms with Crippen LogP contribution in [0.5, 0.6) is 0 Å². The van der Waals surface area contributed by atoms with Gasteiger partial charge in [-0.1, -0.05) is 30.0 Å². The minimum atomic E-state index is -0.0497. The fraction of sp³-hybridized carbons (Fsp3) is 0.278. The number of para-hydroxylation sites is 1. The highest BCUT2D eigenvalue weighted by atomic mass is 32.2. The van der Waals surface area contributed by atoms with Gasteiger partial charge in [-0.15, -0.1) is 10.2 Å². The van der Waals surface area contributed by atoms with E-state index in [0.717, 1.165) is 22.2 Å². The molecule has 0 atom stereocenters. The number of thioether (sulfide) groups is 1. The third-order valence-electron chi connectivity index (χ3n) is 4.07. The average Bonchev–Trinajstić information content (AvgIpc) is 3.15. The van der Waals surface area contributed by atoms with Crippen molar-refractivity contribution in [2.24, 2.45) is 14.1 Å². The first kappa shape index (κ1) is 17.3. The van der Waals surface area contributed by atoms with Gasteiger partial charge in [0.25, 0.3) is 0 Å². The number of carbonyl (C=O) groups is 1. The molecule has 0 saturated carbocycles. The summed E-state index contributed by atoms with van der Waals surface area (Å²) in [6.45, 7) is 1.97. The predicted molar refractivity (Wildman–Crippen MR) is 99.8 cm³/mol. The number of nitrogens with zero attached hydrogens (tertiary/aromatic N) is 4. The third-order valence-corrected chi connectivity index (χ3v) is 5.09. The van der Waals surface area contributed by atoms with Crippen LogP contribution in [0.4, 0.5) is 5.69 Å². The Labute approximate surface area is 151 Å². The molecule has 0 radical (unpaired) electrons. The second-order valence-corrected chi connectivity index (χ2v) is 6.84. The number of aryl methyl sites for hydroxylation is 2. The van der Waals surface area contributed by atoms with Crippen LogP contribution in [0.1, 0.15) is 17.1 Å². The van der Waals surface area contributed by atoms with Gasteiger partial charge in [-0.05, 0) is 30.7 Å². The van der Waals surface area contributed by atoms with E-state index in [9.17, 15) is 4.79 Å². The molecule has 6 nitrogen and oxygen atoms in total. The van der Waals surface area contributed by atoms with Gasteiger partial charge < -0.3 is 14.5 Å². The molecule has 0 unspecified atom stereocenters. The topological polar surface area (TPSA) is 64.7 Å². The number of rotatable bonds is 6. The van der Waals surface area contributed by atoms with E-state index in [1.165, 1.54) is 17.5 Å². The van der Waals surface area contributed by atoms with Gasteiger partial charge in [0, 0.05) is 38.1 Å². The second kappa shape index (κ2) is 7.57. The Bertz CT molecular complexity index is 883.